The first-order chi connectivity index (χ1) is 16.3. The van der Waals surface area contributed by atoms with Crippen LogP contribution in [0.5, 0.6) is 0 Å². The van der Waals surface area contributed by atoms with E-state index in [1.807, 2.05) is 38.1 Å². The van der Waals surface area contributed by atoms with Crippen LogP contribution in [0.15, 0.2) is 36.4 Å². The number of carbonyl (C=O) groups is 3. The zero-order valence-corrected chi connectivity index (χ0v) is 20.8. The molecule has 0 bridgehead atoms. The molecule has 2 aliphatic heterocycles. The fourth-order valence-electron chi connectivity index (χ4n) is 5.55. The number of nitrogens with zero attached hydrogens (tertiary/aromatic N) is 2. The molecule has 2 fully saturated rings. The Bertz CT molecular complexity index is 907. The quantitative estimate of drug-likeness (QED) is 0.467. The fourth-order valence-corrected chi connectivity index (χ4v) is 5.55. The van der Waals surface area contributed by atoms with E-state index in [2.05, 4.69) is 29.3 Å². The summed E-state index contributed by atoms with van der Waals surface area (Å²) in [4.78, 5) is 43.4. The number of nitrogens with one attached hydrogen (secondary N) is 1. The molecule has 34 heavy (non-hydrogen) atoms. The van der Waals surface area contributed by atoms with Gasteiger partial charge in [-0.1, -0.05) is 57.2 Å². The van der Waals surface area contributed by atoms with Gasteiger partial charge in [0.1, 0.15) is 6.04 Å². The predicted molar refractivity (Wildman–Crippen MR) is 132 cm³/mol. The van der Waals surface area contributed by atoms with Gasteiger partial charge in [0, 0.05) is 13.1 Å². The average molecular weight is 466 g/mol. The molecule has 1 aliphatic carbocycles. The first-order valence-electron chi connectivity index (χ1n) is 12.9. The second-order valence-electron chi connectivity index (χ2n) is 10.8. The maximum atomic E-state index is 13.4. The van der Waals surface area contributed by atoms with Gasteiger partial charge in [-0.2, -0.15) is 0 Å². The maximum absolute atomic E-state index is 13.4. The van der Waals surface area contributed by atoms with E-state index in [-0.39, 0.29) is 35.5 Å². The number of piperidine rings is 1. The second kappa shape index (κ2) is 10.9. The Morgan fingerprint density at radius 1 is 1.00 bits per heavy atom. The summed E-state index contributed by atoms with van der Waals surface area (Å²) in [5, 5.41) is 3.07. The molecule has 0 spiro atoms. The van der Waals surface area contributed by atoms with E-state index in [9.17, 15) is 14.4 Å². The first-order valence-corrected chi connectivity index (χ1v) is 12.9. The number of imide groups is 1. The average Bonchev–Trinajstić information content (AvgIpc) is 3.08. The third kappa shape index (κ3) is 5.43. The summed E-state index contributed by atoms with van der Waals surface area (Å²) in [5.41, 5.74) is 2.32. The smallest absolute Gasteiger partial charge is 0.243 e. The molecule has 6 heteroatoms. The lowest BCUT2D eigenvalue weighted by molar-refractivity contribution is -0.148. The summed E-state index contributed by atoms with van der Waals surface area (Å²) < 4.78 is 0. The number of amides is 3. The summed E-state index contributed by atoms with van der Waals surface area (Å²) in [7, 11) is 0. The lowest BCUT2D eigenvalue weighted by atomic mass is 9.85. The SMILES string of the molecule is CC(C)CC(C(=O)NCc1ccccc1CN1CCC(C)CC1)N1C(=O)C2CC=CCC2C1=O. The largest absolute Gasteiger partial charge is 0.350 e. The van der Waals surface area contributed by atoms with Gasteiger partial charge < -0.3 is 5.32 Å². The normalized spacial score (nSPS) is 24.5. The summed E-state index contributed by atoms with van der Waals surface area (Å²) in [5.74, 6) is -0.241. The van der Waals surface area contributed by atoms with E-state index in [0.29, 0.717) is 25.8 Å². The topological polar surface area (TPSA) is 69.7 Å². The summed E-state index contributed by atoms with van der Waals surface area (Å²) in [6, 6.07) is 7.50. The Morgan fingerprint density at radius 3 is 2.18 bits per heavy atom. The zero-order valence-electron chi connectivity index (χ0n) is 20.8. The summed E-state index contributed by atoms with van der Waals surface area (Å²) >= 11 is 0. The van der Waals surface area contributed by atoms with Gasteiger partial charge in [0.15, 0.2) is 0 Å². The third-order valence-corrected chi connectivity index (χ3v) is 7.69. The molecule has 4 rings (SSSR count). The number of hydrogen-bond acceptors (Lipinski definition) is 4. The summed E-state index contributed by atoms with van der Waals surface area (Å²) in [6.45, 7) is 9.86. The molecule has 2 saturated heterocycles. The van der Waals surface area contributed by atoms with Crippen LogP contribution in [0.25, 0.3) is 0 Å². The van der Waals surface area contributed by atoms with Crippen molar-refractivity contribution in [1.82, 2.24) is 15.1 Å². The van der Waals surface area contributed by atoms with Gasteiger partial charge in [-0.3, -0.25) is 24.2 Å². The molecule has 3 unspecified atom stereocenters. The molecule has 1 N–H and O–H groups in total. The van der Waals surface area contributed by atoms with Crippen LogP contribution in [0.1, 0.15) is 64.0 Å². The standard InChI is InChI=1S/C28H39N3O3/c1-19(2)16-25(31-27(33)23-10-6-7-11-24(23)28(31)34)26(32)29-17-21-8-4-5-9-22(21)18-30-14-12-20(3)13-15-30/h4-9,19-20,23-25H,10-18H2,1-3H3,(H,29,32). The molecular formula is C28H39N3O3. The Morgan fingerprint density at radius 2 is 1.59 bits per heavy atom. The molecule has 3 aliphatic rings. The maximum Gasteiger partial charge on any atom is 0.243 e. The van der Waals surface area contributed by atoms with E-state index >= 15 is 0 Å². The van der Waals surface area contributed by atoms with Crippen molar-refractivity contribution in [2.24, 2.45) is 23.7 Å². The van der Waals surface area contributed by atoms with Gasteiger partial charge in [-0.25, -0.2) is 0 Å². The van der Waals surface area contributed by atoms with Crippen molar-refractivity contribution in [1.29, 1.82) is 0 Å². The van der Waals surface area contributed by atoms with E-state index in [1.54, 1.807) is 0 Å². The highest BCUT2D eigenvalue weighted by molar-refractivity contribution is 6.08. The molecule has 0 radical (unpaired) electrons. The van der Waals surface area contributed by atoms with Crippen LogP contribution >= 0.6 is 0 Å². The van der Waals surface area contributed by atoms with Crippen molar-refractivity contribution >= 4 is 17.7 Å². The van der Waals surface area contributed by atoms with Crippen molar-refractivity contribution in [3.63, 3.8) is 0 Å². The van der Waals surface area contributed by atoms with Crippen molar-refractivity contribution in [2.45, 2.75) is 72.0 Å². The highest BCUT2D eigenvalue weighted by Crippen LogP contribution is 2.37. The predicted octanol–water partition coefficient (Wildman–Crippen LogP) is 3.90. The van der Waals surface area contributed by atoms with E-state index in [4.69, 9.17) is 0 Å². The monoisotopic (exact) mass is 465 g/mol. The molecule has 0 aromatic heterocycles. The van der Waals surface area contributed by atoms with E-state index < -0.39 is 6.04 Å². The molecule has 1 aromatic rings. The lowest BCUT2D eigenvalue weighted by Crippen LogP contribution is -2.50. The third-order valence-electron chi connectivity index (χ3n) is 7.69. The minimum absolute atomic E-state index is 0.181. The molecule has 2 heterocycles. The van der Waals surface area contributed by atoms with Crippen molar-refractivity contribution in [3.05, 3.63) is 47.5 Å². The van der Waals surface area contributed by atoms with Gasteiger partial charge in [0.2, 0.25) is 17.7 Å². The number of benzene rings is 1. The van der Waals surface area contributed by atoms with Crippen LogP contribution in [0.2, 0.25) is 0 Å². The Hall–Kier alpha value is -2.47. The Balaban J connectivity index is 1.44. The number of hydrogen-bond donors (Lipinski definition) is 1. The van der Waals surface area contributed by atoms with Gasteiger partial charge in [0.05, 0.1) is 11.8 Å². The number of rotatable bonds is 8. The van der Waals surface area contributed by atoms with Crippen molar-refractivity contribution in [3.8, 4) is 0 Å². The van der Waals surface area contributed by atoms with Crippen molar-refractivity contribution < 1.29 is 14.4 Å². The number of fused-ring (bicyclic) bond motifs is 1. The van der Waals surface area contributed by atoms with Gasteiger partial charge >= 0.3 is 0 Å². The van der Waals surface area contributed by atoms with Crippen LogP contribution in [0.3, 0.4) is 0 Å². The molecule has 3 atom stereocenters. The molecule has 1 aromatic carbocycles. The highest BCUT2D eigenvalue weighted by atomic mass is 16.2. The van der Waals surface area contributed by atoms with Gasteiger partial charge in [-0.15, -0.1) is 0 Å². The van der Waals surface area contributed by atoms with E-state index in [1.165, 1.54) is 23.3 Å². The Kier molecular flexibility index (Phi) is 7.87. The number of likely N-dealkylation sites (tertiary alicyclic amines) is 2. The number of carbonyl (C=O) groups excluding carboxylic acids is 3. The molecule has 184 valence electrons. The first kappa shape index (κ1) is 24.6. The van der Waals surface area contributed by atoms with Crippen LogP contribution in [-0.4, -0.2) is 46.7 Å². The second-order valence-corrected chi connectivity index (χ2v) is 10.8. The van der Waals surface area contributed by atoms with Crippen LogP contribution in [0, 0.1) is 23.7 Å². The van der Waals surface area contributed by atoms with Crippen LogP contribution in [-0.2, 0) is 27.5 Å². The molecule has 6 nitrogen and oxygen atoms in total. The molecule has 0 saturated carbocycles. The van der Waals surface area contributed by atoms with Crippen LogP contribution < -0.4 is 5.32 Å². The van der Waals surface area contributed by atoms with E-state index in [0.717, 1.165) is 31.1 Å². The van der Waals surface area contributed by atoms with Gasteiger partial charge in [0.25, 0.3) is 0 Å². The molecule has 3 amide bonds. The number of allylic oxidation sites excluding steroid dienone is 2. The Labute approximate surface area is 203 Å². The zero-order chi connectivity index (χ0) is 24.2. The fraction of sp³-hybridized carbons (Fsp3) is 0.607. The lowest BCUT2D eigenvalue weighted by Gasteiger charge is -2.31. The van der Waals surface area contributed by atoms with Gasteiger partial charge in [-0.05, 0) is 68.2 Å². The highest BCUT2D eigenvalue weighted by Gasteiger charge is 2.51. The summed E-state index contributed by atoms with van der Waals surface area (Å²) in [6.07, 6.45) is 8.07. The van der Waals surface area contributed by atoms with Crippen molar-refractivity contribution in [2.75, 3.05) is 13.1 Å². The molecular weight excluding hydrogens is 426 g/mol. The minimum atomic E-state index is -0.749. The minimum Gasteiger partial charge on any atom is -0.350 e. The van der Waals surface area contributed by atoms with Crippen LogP contribution in [0.4, 0.5) is 0 Å².